The molecular weight excluding hydrogens is 246 g/mol. The predicted octanol–water partition coefficient (Wildman–Crippen LogP) is 3.62. The van der Waals surface area contributed by atoms with Crippen molar-refractivity contribution in [3.05, 3.63) is 23.4 Å². The molecule has 20 heavy (non-hydrogen) atoms. The summed E-state index contributed by atoms with van der Waals surface area (Å²) in [6.07, 6.45) is 0.977. The zero-order chi connectivity index (χ0) is 15.3. The highest BCUT2D eigenvalue weighted by Gasteiger charge is 2.25. The van der Waals surface area contributed by atoms with Crippen molar-refractivity contribution in [2.24, 2.45) is 5.41 Å². The molecule has 1 N–H and O–H groups in total. The van der Waals surface area contributed by atoms with Gasteiger partial charge < -0.3 is 10.2 Å². The fourth-order valence-corrected chi connectivity index (χ4v) is 2.15. The van der Waals surface area contributed by atoms with Gasteiger partial charge in [-0.25, -0.2) is 4.98 Å². The Bertz CT molecular complexity index is 421. The van der Waals surface area contributed by atoms with Crippen LogP contribution in [0.25, 0.3) is 0 Å². The van der Waals surface area contributed by atoms with Gasteiger partial charge in [0, 0.05) is 25.3 Å². The predicted molar refractivity (Wildman–Crippen MR) is 88.3 cm³/mol. The number of hydrogen-bond acceptors (Lipinski definition) is 3. The molecule has 0 fully saturated rings. The second kappa shape index (κ2) is 7.07. The highest BCUT2D eigenvalue weighted by molar-refractivity contribution is 5.43. The SMILES string of the molecule is CCNCc1cc(CC)nc(N(C)C(C)C(C)(C)C)c1. The van der Waals surface area contributed by atoms with Crippen LogP contribution in [0.15, 0.2) is 12.1 Å². The van der Waals surface area contributed by atoms with E-state index in [2.05, 4.69) is 70.9 Å². The lowest BCUT2D eigenvalue weighted by Gasteiger charge is -2.36. The van der Waals surface area contributed by atoms with Crippen LogP contribution >= 0.6 is 0 Å². The summed E-state index contributed by atoms with van der Waals surface area (Å²) in [6.45, 7) is 15.3. The third-order valence-electron chi connectivity index (χ3n) is 4.06. The van der Waals surface area contributed by atoms with Crippen LogP contribution in [0.3, 0.4) is 0 Å². The van der Waals surface area contributed by atoms with Crippen LogP contribution in [0, 0.1) is 5.41 Å². The van der Waals surface area contributed by atoms with Crippen molar-refractivity contribution < 1.29 is 0 Å². The number of nitrogens with zero attached hydrogens (tertiary/aromatic N) is 2. The van der Waals surface area contributed by atoms with E-state index >= 15 is 0 Å². The molecule has 1 heterocycles. The van der Waals surface area contributed by atoms with Crippen LogP contribution in [0.4, 0.5) is 5.82 Å². The van der Waals surface area contributed by atoms with E-state index in [0.717, 1.165) is 25.3 Å². The molecule has 0 aliphatic rings. The molecule has 114 valence electrons. The van der Waals surface area contributed by atoms with Gasteiger partial charge in [-0.2, -0.15) is 0 Å². The Morgan fingerprint density at radius 3 is 2.40 bits per heavy atom. The minimum atomic E-state index is 0.237. The Labute approximate surface area is 124 Å². The van der Waals surface area contributed by atoms with Gasteiger partial charge >= 0.3 is 0 Å². The Hall–Kier alpha value is -1.09. The van der Waals surface area contributed by atoms with Gasteiger partial charge in [-0.15, -0.1) is 0 Å². The van der Waals surface area contributed by atoms with E-state index in [0.29, 0.717) is 6.04 Å². The first-order valence-electron chi connectivity index (χ1n) is 7.73. The Morgan fingerprint density at radius 2 is 1.90 bits per heavy atom. The molecule has 1 aromatic heterocycles. The van der Waals surface area contributed by atoms with E-state index < -0.39 is 0 Å². The van der Waals surface area contributed by atoms with Crippen LogP contribution < -0.4 is 10.2 Å². The van der Waals surface area contributed by atoms with E-state index in [1.54, 1.807) is 0 Å². The molecule has 1 rings (SSSR count). The van der Waals surface area contributed by atoms with Crippen molar-refractivity contribution in [2.45, 2.75) is 60.5 Å². The summed E-state index contributed by atoms with van der Waals surface area (Å²) in [5, 5.41) is 3.40. The molecule has 0 bridgehead atoms. The highest BCUT2D eigenvalue weighted by atomic mass is 15.2. The largest absolute Gasteiger partial charge is 0.356 e. The van der Waals surface area contributed by atoms with Gasteiger partial charge in [0.15, 0.2) is 0 Å². The van der Waals surface area contributed by atoms with Crippen LogP contribution in [0.1, 0.15) is 52.8 Å². The standard InChI is InChI=1S/C17H31N3/c1-8-15-10-14(12-18-9-2)11-16(19-15)20(7)13(3)17(4,5)6/h10-11,13,18H,8-9,12H2,1-7H3. The van der Waals surface area contributed by atoms with Gasteiger partial charge in [0.25, 0.3) is 0 Å². The van der Waals surface area contributed by atoms with Gasteiger partial charge in [-0.05, 0) is 43.0 Å². The molecule has 3 nitrogen and oxygen atoms in total. The normalized spacial score (nSPS) is 13.3. The third-order valence-corrected chi connectivity index (χ3v) is 4.06. The first-order chi connectivity index (χ1) is 9.29. The second-order valence-corrected chi connectivity index (χ2v) is 6.61. The van der Waals surface area contributed by atoms with Gasteiger partial charge in [0.05, 0.1) is 0 Å². The summed E-state index contributed by atoms with van der Waals surface area (Å²) in [6, 6.07) is 4.86. The lowest BCUT2D eigenvalue weighted by atomic mass is 9.87. The average Bonchev–Trinajstić information content (AvgIpc) is 2.41. The molecule has 1 unspecified atom stereocenters. The Morgan fingerprint density at radius 1 is 1.25 bits per heavy atom. The first-order valence-corrected chi connectivity index (χ1v) is 7.73. The number of pyridine rings is 1. The van der Waals surface area contributed by atoms with Crippen molar-refractivity contribution in [3.63, 3.8) is 0 Å². The van der Waals surface area contributed by atoms with Crippen LogP contribution in [-0.4, -0.2) is 24.6 Å². The average molecular weight is 277 g/mol. The zero-order valence-corrected chi connectivity index (χ0v) is 14.2. The summed E-state index contributed by atoms with van der Waals surface area (Å²) >= 11 is 0. The van der Waals surface area contributed by atoms with Gasteiger partial charge in [-0.3, -0.25) is 0 Å². The van der Waals surface area contributed by atoms with Gasteiger partial charge in [0.2, 0.25) is 0 Å². The smallest absolute Gasteiger partial charge is 0.129 e. The molecule has 0 radical (unpaired) electrons. The summed E-state index contributed by atoms with van der Waals surface area (Å²) in [4.78, 5) is 7.09. The van der Waals surface area contributed by atoms with Crippen molar-refractivity contribution in [3.8, 4) is 0 Å². The van der Waals surface area contributed by atoms with E-state index in [9.17, 15) is 0 Å². The summed E-state index contributed by atoms with van der Waals surface area (Å²) < 4.78 is 0. The number of hydrogen-bond donors (Lipinski definition) is 1. The maximum Gasteiger partial charge on any atom is 0.129 e. The fraction of sp³-hybridized carbons (Fsp3) is 0.706. The molecule has 1 aromatic rings. The lowest BCUT2D eigenvalue weighted by molar-refractivity contribution is 0.328. The van der Waals surface area contributed by atoms with Crippen LogP contribution in [0.2, 0.25) is 0 Å². The molecule has 3 heteroatoms. The van der Waals surface area contributed by atoms with E-state index in [1.807, 2.05) is 0 Å². The fourth-order valence-electron chi connectivity index (χ4n) is 2.15. The van der Waals surface area contributed by atoms with Crippen molar-refractivity contribution in [1.82, 2.24) is 10.3 Å². The minimum Gasteiger partial charge on any atom is -0.356 e. The zero-order valence-electron chi connectivity index (χ0n) is 14.2. The summed E-state index contributed by atoms with van der Waals surface area (Å²) in [5.41, 5.74) is 2.73. The van der Waals surface area contributed by atoms with Crippen LogP contribution in [-0.2, 0) is 13.0 Å². The topological polar surface area (TPSA) is 28.2 Å². The van der Waals surface area contributed by atoms with E-state index in [4.69, 9.17) is 4.98 Å². The number of aromatic nitrogens is 1. The van der Waals surface area contributed by atoms with Crippen molar-refractivity contribution in [2.75, 3.05) is 18.5 Å². The molecule has 0 amide bonds. The van der Waals surface area contributed by atoms with Gasteiger partial charge in [0.1, 0.15) is 5.82 Å². The minimum absolute atomic E-state index is 0.237. The van der Waals surface area contributed by atoms with E-state index in [-0.39, 0.29) is 5.41 Å². The maximum atomic E-state index is 4.79. The number of anilines is 1. The molecule has 0 spiro atoms. The van der Waals surface area contributed by atoms with Crippen molar-refractivity contribution in [1.29, 1.82) is 0 Å². The maximum absolute atomic E-state index is 4.79. The Balaban J connectivity index is 3.03. The van der Waals surface area contributed by atoms with E-state index in [1.165, 1.54) is 11.3 Å². The highest BCUT2D eigenvalue weighted by Crippen LogP contribution is 2.27. The molecular formula is C17H31N3. The molecule has 1 atom stereocenters. The van der Waals surface area contributed by atoms with Crippen LogP contribution in [0.5, 0.6) is 0 Å². The Kier molecular flexibility index (Phi) is 6.00. The molecule has 0 aliphatic heterocycles. The monoisotopic (exact) mass is 277 g/mol. The number of aryl methyl sites for hydroxylation is 1. The molecule has 0 aliphatic carbocycles. The lowest BCUT2D eigenvalue weighted by Crippen LogP contribution is -2.40. The first kappa shape index (κ1) is 17.0. The third kappa shape index (κ3) is 4.48. The molecule has 0 saturated heterocycles. The quantitative estimate of drug-likeness (QED) is 0.860. The number of nitrogens with one attached hydrogen (secondary N) is 1. The summed E-state index contributed by atoms with van der Waals surface area (Å²) in [7, 11) is 2.15. The molecule has 0 aromatic carbocycles. The number of rotatable bonds is 6. The van der Waals surface area contributed by atoms with Gasteiger partial charge in [-0.1, -0.05) is 34.6 Å². The summed E-state index contributed by atoms with van der Waals surface area (Å²) in [5.74, 6) is 1.08. The second-order valence-electron chi connectivity index (χ2n) is 6.61. The van der Waals surface area contributed by atoms with Crippen molar-refractivity contribution >= 4 is 5.82 Å². The molecule has 0 saturated carbocycles.